The zero-order valence-corrected chi connectivity index (χ0v) is 8.98. The van der Waals surface area contributed by atoms with Crippen LogP contribution in [0.1, 0.15) is 10.4 Å². The third kappa shape index (κ3) is 1.44. The number of hydrogen-bond acceptors (Lipinski definition) is 6. The van der Waals surface area contributed by atoms with Crippen LogP contribution in [0.25, 0.3) is 0 Å². The number of rotatable bonds is 4. The molecular formula is C9H8N4O5. The fourth-order valence-electron chi connectivity index (χ4n) is 1.75. The summed E-state index contributed by atoms with van der Waals surface area (Å²) in [4.78, 5) is 31.7. The lowest BCUT2D eigenvalue weighted by molar-refractivity contribution is -0.760. The van der Waals surface area contributed by atoms with Crippen molar-refractivity contribution in [3.63, 3.8) is 0 Å². The van der Waals surface area contributed by atoms with Gasteiger partial charge in [0.15, 0.2) is 6.54 Å². The second-order valence-electron chi connectivity index (χ2n) is 3.76. The minimum Gasteiger partial charge on any atom is -0.366 e. The minimum absolute atomic E-state index is 0.0167. The van der Waals surface area contributed by atoms with E-state index in [4.69, 9.17) is 5.73 Å². The first kappa shape index (κ1) is 11.8. The summed E-state index contributed by atoms with van der Waals surface area (Å²) in [5.74, 6) is -3.18. The predicted molar refractivity (Wildman–Crippen MR) is 59.0 cm³/mol. The van der Waals surface area contributed by atoms with Crippen molar-refractivity contribution >= 4 is 11.6 Å². The minimum atomic E-state index is -2.38. The average Bonchev–Trinajstić information content (AvgIpc) is 3.05. The van der Waals surface area contributed by atoms with Crippen LogP contribution < -0.4 is 10.6 Å². The van der Waals surface area contributed by atoms with E-state index in [0.717, 1.165) is 4.90 Å². The lowest BCUT2D eigenvalue weighted by Crippen LogP contribution is -2.38. The van der Waals surface area contributed by atoms with Gasteiger partial charge in [0.2, 0.25) is 0 Å². The Bertz CT molecular complexity index is 544. The Morgan fingerprint density at radius 1 is 1.28 bits per heavy atom. The molecule has 9 heteroatoms. The van der Waals surface area contributed by atoms with E-state index in [1.165, 1.54) is 24.3 Å². The zero-order chi connectivity index (χ0) is 13.5. The maximum atomic E-state index is 11.2. The van der Waals surface area contributed by atoms with Crippen LogP contribution in [0.15, 0.2) is 24.3 Å². The summed E-state index contributed by atoms with van der Waals surface area (Å²) < 4.78 is 0. The highest BCUT2D eigenvalue weighted by molar-refractivity contribution is 5.99. The van der Waals surface area contributed by atoms with Gasteiger partial charge in [0, 0.05) is 0 Å². The van der Waals surface area contributed by atoms with Crippen LogP contribution in [0.4, 0.5) is 5.69 Å². The van der Waals surface area contributed by atoms with Crippen LogP contribution in [0.5, 0.6) is 0 Å². The first-order valence-electron chi connectivity index (χ1n) is 4.86. The monoisotopic (exact) mass is 252 g/mol. The fraction of sp³-hybridized carbons (Fsp3) is 0.222. The van der Waals surface area contributed by atoms with Gasteiger partial charge in [-0.05, 0) is 12.1 Å². The number of carbonyl (C=O) groups is 1. The molecule has 1 saturated heterocycles. The van der Waals surface area contributed by atoms with Crippen molar-refractivity contribution in [3.8, 4) is 0 Å². The van der Waals surface area contributed by atoms with Crippen LogP contribution in [0, 0.1) is 20.2 Å². The van der Waals surface area contributed by atoms with Crippen molar-refractivity contribution in [3.05, 3.63) is 50.1 Å². The van der Waals surface area contributed by atoms with E-state index in [-0.39, 0.29) is 11.3 Å². The van der Waals surface area contributed by atoms with Crippen LogP contribution in [0.2, 0.25) is 0 Å². The molecule has 1 aromatic carbocycles. The highest BCUT2D eigenvalue weighted by Gasteiger charge is 2.78. The second-order valence-corrected chi connectivity index (χ2v) is 3.76. The summed E-state index contributed by atoms with van der Waals surface area (Å²) >= 11 is 0. The third-order valence-corrected chi connectivity index (χ3v) is 2.74. The molecule has 9 nitrogen and oxygen atoms in total. The molecule has 0 spiro atoms. The topological polar surface area (TPSA) is 132 Å². The van der Waals surface area contributed by atoms with Crippen LogP contribution in [-0.4, -0.2) is 28.1 Å². The van der Waals surface area contributed by atoms with Crippen LogP contribution >= 0.6 is 0 Å². The molecule has 0 radical (unpaired) electrons. The Labute approximate surface area is 100 Å². The van der Waals surface area contributed by atoms with Crippen molar-refractivity contribution in [2.75, 3.05) is 11.4 Å². The number of anilines is 1. The van der Waals surface area contributed by atoms with Gasteiger partial charge in [-0.2, -0.15) is 0 Å². The second kappa shape index (κ2) is 3.65. The van der Waals surface area contributed by atoms with Crippen LogP contribution in [0.3, 0.4) is 0 Å². The van der Waals surface area contributed by atoms with Gasteiger partial charge in [-0.1, -0.05) is 12.1 Å². The average molecular weight is 252 g/mol. The van der Waals surface area contributed by atoms with Crippen molar-refractivity contribution in [1.29, 1.82) is 0 Å². The van der Waals surface area contributed by atoms with E-state index < -0.39 is 28.1 Å². The standard InChI is InChI=1S/C9H8N4O5/c10-8(14)6-3-1-2-4-7(6)11-5-9(11,12(15)16)13(17)18/h1-4H,5H2,(H2,10,14). The lowest BCUT2D eigenvalue weighted by Gasteiger charge is -2.07. The Morgan fingerprint density at radius 3 is 2.28 bits per heavy atom. The SMILES string of the molecule is NC(=O)c1ccccc1N1CC1([N+](=O)[O-])[N+](=O)[O-]. The van der Waals surface area contributed by atoms with E-state index in [0.29, 0.717) is 0 Å². The van der Waals surface area contributed by atoms with Gasteiger partial charge < -0.3 is 5.73 Å². The summed E-state index contributed by atoms with van der Waals surface area (Å²) in [7, 11) is 0. The van der Waals surface area contributed by atoms with Crippen LogP contribution in [-0.2, 0) is 0 Å². The molecule has 18 heavy (non-hydrogen) atoms. The number of nitrogens with two attached hydrogens (primary N) is 1. The molecular weight excluding hydrogens is 244 g/mol. The Balaban J connectivity index is 2.45. The summed E-state index contributed by atoms with van der Waals surface area (Å²) in [6, 6.07) is 5.79. The fourth-order valence-corrected chi connectivity index (χ4v) is 1.75. The molecule has 1 fully saturated rings. The highest BCUT2D eigenvalue weighted by atomic mass is 16.7. The van der Waals surface area contributed by atoms with Gasteiger partial charge in [-0.3, -0.25) is 25.0 Å². The van der Waals surface area contributed by atoms with Gasteiger partial charge in [-0.25, -0.2) is 4.90 Å². The Kier molecular flexibility index (Phi) is 2.39. The molecule has 1 aliphatic rings. The summed E-state index contributed by atoms with van der Waals surface area (Å²) in [6.45, 7) is -0.392. The van der Waals surface area contributed by atoms with Crippen molar-refractivity contribution < 1.29 is 14.6 Å². The summed E-state index contributed by atoms with van der Waals surface area (Å²) in [6.07, 6.45) is 0. The number of carbonyl (C=O) groups excluding carboxylic acids is 1. The number of nitrogens with zero attached hydrogens (tertiary/aromatic N) is 3. The van der Waals surface area contributed by atoms with E-state index in [1.807, 2.05) is 0 Å². The molecule has 0 saturated carbocycles. The predicted octanol–water partition coefficient (Wildman–Crippen LogP) is -0.187. The Hall–Kier alpha value is -2.71. The van der Waals surface area contributed by atoms with Gasteiger partial charge in [0.05, 0.1) is 11.3 Å². The normalized spacial score (nSPS) is 16.1. The largest absolute Gasteiger partial charge is 0.562 e. The first-order valence-corrected chi connectivity index (χ1v) is 4.86. The molecule has 1 amide bonds. The van der Waals surface area contributed by atoms with E-state index in [9.17, 15) is 25.0 Å². The van der Waals surface area contributed by atoms with E-state index in [2.05, 4.69) is 0 Å². The number of nitro groups is 2. The third-order valence-electron chi connectivity index (χ3n) is 2.74. The maximum absolute atomic E-state index is 11.2. The maximum Gasteiger partial charge on any atom is 0.562 e. The number of benzene rings is 1. The molecule has 1 heterocycles. The highest BCUT2D eigenvalue weighted by Crippen LogP contribution is 2.40. The molecule has 1 aromatic rings. The summed E-state index contributed by atoms with van der Waals surface area (Å²) in [5, 5.41) is 21.6. The molecule has 0 unspecified atom stereocenters. The smallest absolute Gasteiger partial charge is 0.366 e. The number of amides is 1. The molecule has 2 rings (SSSR count). The van der Waals surface area contributed by atoms with Gasteiger partial charge in [0.25, 0.3) is 5.91 Å². The van der Waals surface area contributed by atoms with Gasteiger partial charge in [0.1, 0.15) is 9.85 Å². The van der Waals surface area contributed by atoms with Gasteiger partial charge in [-0.15, -0.1) is 0 Å². The number of para-hydroxylation sites is 1. The summed E-state index contributed by atoms with van der Waals surface area (Å²) in [5.41, 5.74) is 5.23. The number of hydrogen-bond donors (Lipinski definition) is 1. The number of primary amides is 1. The molecule has 0 bridgehead atoms. The molecule has 0 aromatic heterocycles. The van der Waals surface area contributed by atoms with Crippen molar-refractivity contribution in [2.45, 2.75) is 5.79 Å². The van der Waals surface area contributed by atoms with Crippen molar-refractivity contribution in [1.82, 2.24) is 0 Å². The zero-order valence-electron chi connectivity index (χ0n) is 8.98. The molecule has 0 aliphatic carbocycles. The quantitative estimate of drug-likeness (QED) is 0.342. The lowest BCUT2D eigenvalue weighted by atomic mass is 10.1. The molecule has 94 valence electrons. The molecule has 0 atom stereocenters. The molecule has 2 N–H and O–H groups in total. The van der Waals surface area contributed by atoms with E-state index in [1.54, 1.807) is 0 Å². The first-order chi connectivity index (χ1) is 8.41. The van der Waals surface area contributed by atoms with Crippen molar-refractivity contribution in [2.24, 2.45) is 5.73 Å². The molecule has 1 aliphatic heterocycles. The van der Waals surface area contributed by atoms with E-state index >= 15 is 0 Å². The van der Waals surface area contributed by atoms with Gasteiger partial charge >= 0.3 is 5.79 Å². The Morgan fingerprint density at radius 2 is 1.83 bits per heavy atom.